The molecule has 0 radical (unpaired) electrons. The SMILES string of the molecule is CCCNC(c1csc2c(Br)cccc12)C1CCOCC1. The van der Waals surface area contributed by atoms with Crippen LogP contribution >= 0.6 is 27.3 Å². The second-order valence-corrected chi connectivity index (χ2v) is 7.42. The molecule has 114 valence electrons. The maximum absolute atomic E-state index is 5.55. The molecule has 1 unspecified atom stereocenters. The number of rotatable bonds is 5. The molecule has 1 saturated heterocycles. The Morgan fingerprint density at radius 3 is 2.95 bits per heavy atom. The molecule has 1 aromatic carbocycles. The summed E-state index contributed by atoms with van der Waals surface area (Å²) in [6, 6.07) is 6.98. The fourth-order valence-electron chi connectivity index (χ4n) is 3.16. The van der Waals surface area contributed by atoms with Crippen LogP contribution in [0.5, 0.6) is 0 Å². The number of ether oxygens (including phenoxy) is 1. The van der Waals surface area contributed by atoms with Crippen LogP contribution < -0.4 is 5.32 Å². The van der Waals surface area contributed by atoms with E-state index in [9.17, 15) is 0 Å². The molecule has 2 heterocycles. The van der Waals surface area contributed by atoms with Gasteiger partial charge >= 0.3 is 0 Å². The first-order chi connectivity index (χ1) is 10.3. The molecule has 1 atom stereocenters. The third-order valence-corrected chi connectivity index (χ3v) is 6.24. The summed E-state index contributed by atoms with van der Waals surface area (Å²) in [7, 11) is 0. The second-order valence-electron chi connectivity index (χ2n) is 5.69. The Morgan fingerprint density at radius 1 is 1.38 bits per heavy atom. The van der Waals surface area contributed by atoms with Crippen LogP contribution in [-0.4, -0.2) is 19.8 Å². The van der Waals surface area contributed by atoms with Gasteiger partial charge in [-0.15, -0.1) is 11.3 Å². The van der Waals surface area contributed by atoms with Crippen LogP contribution in [0.3, 0.4) is 0 Å². The standard InChI is InChI=1S/C17H22BrNOS/c1-2-8-19-16(12-6-9-20-10-7-12)14-11-21-17-13(14)4-3-5-15(17)18/h3-5,11-12,16,19H,2,6-10H2,1H3. The van der Waals surface area contributed by atoms with Gasteiger partial charge in [0, 0.05) is 28.4 Å². The first-order valence-electron chi connectivity index (χ1n) is 7.78. The van der Waals surface area contributed by atoms with Gasteiger partial charge in [0.15, 0.2) is 0 Å². The molecule has 1 fully saturated rings. The first-order valence-corrected chi connectivity index (χ1v) is 9.45. The van der Waals surface area contributed by atoms with Gasteiger partial charge in [-0.25, -0.2) is 0 Å². The molecule has 0 spiro atoms. The summed E-state index contributed by atoms with van der Waals surface area (Å²) >= 11 is 5.53. The van der Waals surface area contributed by atoms with Crippen LogP contribution in [0.1, 0.15) is 37.8 Å². The molecule has 1 aromatic heterocycles. The number of fused-ring (bicyclic) bond motifs is 1. The topological polar surface area (TPSA) is 21.3 Å². The number of halogens is 1. The Balaban J connectivity index is 1.95. The van der Waals surface area contributed by atoms with Crippen molar-refractivity contribution >= 4 is 37.4 Å². The van der Waals surface area contributed by atoms with E-state index in [0.29, 0.717) is 12.0 Å². The predicted molar refractivity (Wildman–Crippen MR) is 94.1 cm³/mol. The molecule has 21 heavy (non-hydrogen) atoms. The average molecular weight is 368 g/mol. The Bertz CT molecular complexity index is 591. The summed E-state index contributed by atoms with van der Waals surface area (Å²) in [6.07, 6.45) is 3.49. The minimum atomic E-state index is 0.455. The molecule has 4 heteroatoms. The minimum absolute atomic E-state index is 0.455. The van der Waals surface area contributed by atoms with Gasteiger partial charge in [-0.05, 0) is 70.1 Å². The van der Waals surface area contributed by atoms with Crippen LogP contribution in [0, 0.1) is 5.92 Å². The van der Waals surface area contributed by atoms with Crippen molar-refractivity contribution in [1.82, 2.24) is 5.32 Å². The summed E-state index contributed by atoms with van der Waals surface area (Å²) in [5, 5.41) is 7.53. The quantitative estimate of drug-likeness (QED) is 0.790. The van der Waals surface area contributed by atoms with Crippen molar-refractivity contribution in [3.05, 3.63) is 33.6 Å². The fraction of sp³-hybridized carbons (Fsp3) is 0.529. The second kappa shape index (κ2) is 7.23. The van der Waals surface area contributed by atoms with Gasteiger partial charge in [0.05, 0.1) is 0 Å². The van der Waals surface area contributed by atoms with Crippen molar-refractivity contribution in [2.24, 2.45) is 5.92 Å². The molecule has 2 aromatic rings. The zero-order valence-electron chi connectivity index (χ0n) is 12.4. The van der Waals surface area contributed by atoms with Gasteiger partial charge in [0.25, 0.3) is 0 Å². The van der Waals surface area contributed by atoms with E-state index in [-0.39, 0.29) is 0 Å². The van der Waals surface area contributed by atoms with Crippen molar-refractivity contribution in [3.63, 3.8) is 0 Å². The van der Waals surface area contributed by atoms with Crippen LogP contribution in [0.2, 0.25) is 0 Å². The molecule has 2 nitrogen and oxygen atoms in total. The molecular formula is C17H22BrNOS. The van der Waals surface area contributed by atoms with Gasteiger partial charge < -0.3 is 10.1 Å². The molecule has 1 N–H and O–H groups in total. The monoisotopic (exact) mass is 367 g/mol. The Hall–Kier alpha value is -0.420. The minimum Gasteiger partial charge on any atom is -0.381 e. The highest BCUT2D eigenvalue weighted by Crippen LogP contribution is 2.39. The van der Waals surface area contributed by atoms with E-state index in [1.165, 1.54) is 26.5 Å². The number of hydrogen-bond donors (Lipinski definition) is 1. The summed E-state index contributed by atoms with van der Waals surface area (Å²) in [6.45, 7) is 5.12. The maximum atomic E-state index is 5.55. The fourth-order valence-corrected chi connectivity index (χ4v) is 4.82. The van der Waals surface area contributed by atoms with Crippen molar-refractivity contribution in [2.45, 2.75) is 32.2 Å². The Kier molecular flexibility index (Phi) is 5.33. The Morgan fingerprint density at radius 2 is 2.19 bits per heavy atom. The largest absolute Gasteiger partial charge is 0.381 e. The third kappa shape index (κ3) is 3.34. The van der Waals surface area contributed by atoms with Crippen molar-refractivity contribution in [2.75, 3.05) is 19.8 Å². The number of benzene rings is 1. The molecule has 1 aliphatic rings. The smallest absolute Gasteiger partial charge is 0.0488 e. The zero-order chi connectivity index (χ0) is 14.7. The van der Waals surface area contributed by atoms with Gasteiger partial charge in [-0.1, -0.05) is 19.1 Å². The highest BCUT2D eigenvalue weighted by Gasteiger charge is 2.27. The molecule has 0 aliphatic carbocycles. The third-order valence-electron chi connectivity index (χ3n) is 4.27. The summed E-state index contributed by atoms with van der Waals surface area (Å²) in [4.78, 5) is 0. The highest BCUT2D eigenvalue weighted by atomic mass is 79.9. The first kappa shape index (κ1) is 15.5. The molecular weight excluding hydrogens is 346 g/mol. The number of thiophene rings is 1. The summed E-state index contributed by atoms with van der Waals surface area (Å²) in [5.74, 6) is 0.682. The van der Waals surface area contributed by atoms with Crippen LogP contribution in [0.15, 0.2) is 28.1 Å². The van der Waals surface area contributed by atoms with Crippen molar-refractivity contribution in [1.29, 1.82) is 0 Å². The van der Waals surface area contributed by atoms with Crippen molar-refractivity contribution in [3.8, 4) is 0 Å². The van der Waals surface area contributed by atoms with Crippen LogP contribution in [0.4, 0.5) is 0 Å². The molecule has 0 amide bonds. The normalized spacial score (nSPS) is 18.2. The van der Waals surface area contributed by atoms with Gasteiger partial charge in [-0.3, -0.25) is 0 Å². The summed E-state index contributed by atoms with van der Waals surface area (Å²) < 4.78 is 8.12. The van der Waals surface area contributed by atoms with E-state index >= 15 is 0 Å². The number of nitrogens with one attached hydrogen (secondary N) is 1. The molecule has 0 bridgehead atoms. The average Bonchev–Trinajstić information content (AvgIpc) is 2.94. The highest BCUT2D eigenvalue weighted by molar-refractivity contribution is 9.10. The van der Waals surface area contributed by atoms with E-state index in [4.69, 9.17) is 4.74 Å². The zero-order valence-corrected chi connectivity index (χ0v) is 14.8. The van der Waals surface area contributed by atoms with E-state index in [1.807, 2.05) is 11.3 Å². The molecule has 0 saturated carbocycles. The molecule has 3 rings (SSSR count). The number of hydrogen-bond acceptors (Lipinski definition) is 3. The van der Waals surface area contributed by atoms with Crippen molar-refractivity contribution < 1.29 is 4.74 Å². The van der Waals surface area contributed by atoms with Gasteiger partial charge in [0.2, 0.25) is 0 Å². The van der Waals surface area contributed by atoms with E-state index < -0.39 is 0 Å². The van der Waals surface area contributed by atoms with E-state index in [2.05, 4.69) is 51.7 Å². The van der Waals surface area contributed by atoms with Crippen LogP contribution in [-0.2, 0) is 4.74 Å². The lowest BCUT2D eigenvalue weighted by molar-refractivity contribution is 0.0538. The molecule has 1 aliphatic heterocycles. The van der Waals surface area contributed by atoms with Gasteiger partial charge in [0.1, 0.15) is 0 Å². The predicted octanol–water partition coefficient (Wildman–Crippen LogP) is 5.13. The van der Waals surface area contributed by atoms with Gasteiger partial charge in [-0.2, -0.15) is 0 Å². The van der Waals surface area contributed by atoms with Crippen LogP contribution in [0.25, 0.3) is 10.1 Å². The maximum Gasteiger partial charge on any atom is 0.0488 e. The van der Waals surface area contributed by atoms with E-state index in [1.54, 1.807) is 0 Å². The Labute approximate surface area is 139 Å². The van der Waals surface area contributed by atoms with E-state index in [0.717, 1.165) is 32.6 Å². The lowest BCUT2D eigenvalue weighted by Gasteiger charge is -2.31. The lowest BCUT2D eigenvalue weighted by Crippen LogP contribution is -2.32. The lowest BCUT2D eigenvalue weighted by atomic mass is 9.87. The summed E-state index contributed by atoms with van der Waals surface area (Å²) in [5.41, 5.74) is 1.47.